The van der Waals surface area contributed by atoms with Crippen molar-refractivity contribution in [2.24, 2.45) is 0 Å². The van der Waals surface area contributed by atoms with Crippen LogP contribution in [0.3, 0.4) is 0 Å². The number of aryl methyl sites for hydroxylation is 1. The summed E-state index contributed by atoms with van der Waals surface area (Å²) in [5.41, 5.74) is 0.518. The highest BCUT2D eigenvalue weighted by Gasteiger charge is 2.22. The summed E-state index contributed by atoms with van der Waals surface area (Å²) in [6, 6.07) is 1.70. The minimum Gasteiger partial charge on any atom is -0.469 e. The molecule has 0 atom stereocenters. The molecule has 1 aromatic rings. The van der Waals surface area contributed by atoms with Gasteiger partial charge in [0.1, 0.15) is 18.1 Å². The van der Waals surface area contributed by atoms with Crippen molar-refractivity contribution in [3.05, 3.63) is 23.7 Å². The quantitative estimate of drug-likeness (QED) is 0.655. The average Bonchev–Trinajstić information content (AvgIpc) is 2.44. The Morgan fingerprint density at radius 1 is 1.62 bits per heavy atom. The van der Waals surface area contributed by atoms with Crippen LogP contribution in [0.5, 0.6) is 0 Å². The molecule has 13 heavy (non-hydrogen) atoms. The van der Waals surface area contributed by atoms with Crippen LogP contribution in [0.25, 0.3) is 0 Å². The number of rotatable bonds is 2. The molecule has 0 N–H and O–H groups in total. The maximum Gasteiger partial charge on any atom is 0.341 e. The lowest BCUT2D eigenvalue weighted by atomic mass is 9.96. The average molecular weight is 180 g/mol. The molecule has 0 aromatic carbocycles. The second-order valence-corrected chi connectivity index (χ2v) is 3.40. The molecule has 1 saturated carbocycles. The van der Waals surface area contributed by atoms with Crippen LogP contribution in [0.1, 0.15) is 35.4 Å². The summed E-state index contributed by atoms with van der Waals surface area (Å²) < 4.78 is 10.2. The van der Waals surface area contributed by atoms with E-state index in [9.17, 15) is 4.79 Å². The second-order valence-electron chi connectivity index (χ2n) is 3.40. The first kappa shape index (κ1) is 8.35. The van der Waals surface area contributed by atoms with E-state index in [-0.39, 0.29) is 12.1 Å². The fraction of sp³-hybridized carbons (Fsp3) is 0.500. The topological polar surface area (TPSA) is 39.4 Å². The zero-order valence-electron chi connectivity index (χ0n) is 7.58. The molecule has 70 valence electrons. The van der Waals surface area contributed by atoms with Gasteiger partial charge >= 0.3 is 5.97 Å². The first-order valence-corrected chi connectivity index (χ1v) is 4.52. The third-order valence-corrected chi connectivity index (χ3v) is 2.29. The monoisotopic (exact) mass is 180 g/mol. The summed E-state index contributed by atoms with van der Waals surface area (Å²) in [4.78, 5) is 11.4. The number of carbonyl (C=O) groups excluding carboxylic acids is 1. The van der Waals surface area contributed by atoms with Gasteiger partial charge in [0.15, 0.2) is 0 Å². The highest BCUT2D eigenvalue weighted by Crippen LogP contribution is 2.23. The summed E-state index contributed by atoms with van der Waals surface area (Å²) in [5.74, 6) is 0.474. The van der Waals surface area contributed by atoms with Gasteiger partial charge in [-0.25, -0.2) is 4.79 Å². The lowest BCUT2D eigenvalue weighted by molar-refractivity contribution is 0.00894. The lowest BCUT2D eigenvalue weighted by Gasteiger charge is -2.24. The molecule has 0 radical (unpaired) electrons. The Kier molecular flexibility index (Phi) is 2.08. The Bertz CT molecular complexity index is 310. The van der Waals surface area contributed by atoms with Gasteiger partial charge in [0, 0.05) is 0 Å². The van der Waals surface area contributed by atoms with E-state index in [1.54, 1.807) is 13.0 Å². The number of hydrogen-bond acceptors (Lipinski definition) is 3. The standard InChI is InChI=1S/C10H12O3/c1-7-5-8(6-12-7)10(11)13-9-3-2-4-9/h5-6,9H,2-4H2,1H3. The van der Waals surface area contributed by atoms with E-state index in [1.165, 1.54) is 12.7 Å². The van der Waals surface area contributed by atoms with Crippen LogP contribution in [-0.4, -0.2) is 12.1 Å². The maximum atomic E-state index is 11.4. The smallest absolute Gasteiger partial charge is 0.341 e. The molecule has 0 amide bonds. The van der Waals surface area contributed by atoms with E-state index in [4.69, 9.17) is 9.15 Å². The van der Waals surface area contributed by atoms with Crippen LogP contribution in [0, 0.1) is 6.92 Å². The van der Waals surface area contributed by atoms with Crippen molar-refractivity contribution in [1.29, 1.82) is 0 Å². The summed E-state index contributed by atoms with van der Waals surface area (Å²) >= 11 is 0. The van der Waals surface area contributed by atoms with Crippen molar-refractivity contribution < 1.29 is 13.9 Å². The molecule has 0 unspecified atom stereocenters. The van der Waals surface area contributed by atoms with Crippen molar-refractivity contribution in [3.8, 4) is 0 Å². The minimum absolute atomic E-state index is 0.141. The molecule has 1 aromatic heterocycles. The van der Waals surface area contributed by atoms with Crippen LogP contribution < -0.4 is 0 Å². The first-order valence-electron chi connectivity index (χ1n) is 4.52. The van der Waals surface area contributed by atoms with Gasteiger partial charge in [-0.15, -0.1) is 0 Å². The van der Waals surface area contributed by atoms with E-state index in [1.807, 2.05) is 0 Å². The van der Waals surface area contributed by atoms with Gasteiger partial charge in [0.05, 0.1) is 5.56 Å². The number of esters is 1. The van der Waals surface area contributed by atoms with Crippen LogP contribution in [0.15, 0.2) is 16.7 Å². The predicted molar refractivity (Wildman–Crippen MR) is 46.5 cm³/mol. The van der Waals surface area contributed by atoms with E-state index < -0.39 is 0 Å². The van der Waals surface area contributed by atoms with Crippen molar-refractivity contribution in [2.75, 3.05) is 0 Å². The third kappa shape index (κ3) is 1.74. The van der Waals surface area contributed by atoms with Crippen molar-refractivity contribution in [2.45, 2.75) is 32.3 Å². The summed E-state index contributed by atoms with van der Waals surface area (Å²) in [6.45, 7) is 1.81. The van der Waals surface area contributed by atoms with Crippen LogP contribution in [-0.2, 0) is 4.74 Å². The SMILES string of the molecule is Cc1cc(C(=O)OC2CCC2)co1. The van der Waals surface area contributed by atoms with E-state index in [2.05, 4.69) is 0 Å². The Morgan fingerprint density at radius 3 is 2.85 bits per heavy atom. The van der Waals surface area contributed by atoms with Gasteiger partial charge in [-0.05, 0) is 32.3 Å². The Morgan fingerprint density at radius 2 is 2.38 bits per heavy atom. The molecular weight excluding hydrogens is 168 g/mol. The van der Waals surface area contributed by atoms with Crippen LogP contribution in [0.2, 0.25) is 0 Å². The Hall–Kier alpha value is -1.25. The molecule has 3 nitrogen and oxygen atoms in total. The summed E-state index contributed by atoms with van der Waals surface area (Å²) in [5, 5.41) is 0. The van der Waals surface area contributed by atoms with E-state index in [0.717, 1.165) is 18.6 Å². The molecule has 0 aliphatic heterocycles. The van der Waals surface area contributed by atoms with E-state index in [0.29, 0.717) is 5.56 Å². The fourth-order valence-corrected chi connectivity index (χ4v) is 1.26. The van der Waals surface area contributed by atoms with Gasteiger partial charge in [-0.1, -0.05) is 0 Å². The van der Waals surface area contributed by atoms with Crippen molar-refractivity contribution >= 4 is 5.97 Å². The largest absolute Gasteiger partial charge is 0.469 e. The molecule has 1 fully saturated rings. The summed E-state index contributed by atoms with van der Waals surface area (Å²) in [7, 11) is 0. The fourth-order valence-electron chi connectivity index (χ4n) is 1.26. The normalized spacial score (nSPS) is 16.7. The molecular formula is C10H12O3. The molecule has 0 bridgehead atoms. The van der Waals surface area contributed by atoms with E-state index >= 15 is 0 Å². The van der Waals surface area contributed by atoms with Crippen LogP contribution >= 0.6 is 0 Å². The highest BCUT2D eigenvalue weighted by molar-refractivity contribution is 5.89. The molecule has 1 aliphatic rings. The Labute approximate surface area is 76.7 Å². The van der Waals surface area contributed by atoms with Gasteiger partial charge in [-0.2, -0.15) is 0 Å². The number of furan rings is 1. The number of hydrogen-bond donors (Lipinski definition) is 0. The van der Waals surface area contributed by atoms with Gasteiger partial charge in [-0.3, -0.25) is 0 Å². The number of ether oxygens (including phenoxy) is 1. The predicted octanol–water partition coefficient (Wildman–Crippen LogP) is 2.30. The second kappa shape index (κ2) is 3.24. The molecule has 2 rings (SSSR count). The highest BCUT2D eigenvalue weighted by atomic mass is 16.5. The van der Waals surface area contributed by atoms with Gasteiger partial charge in [0.2, 0.25) is 0 Å². The minimum atomic E-state index is -0.262. The van der Waals surface area contributed by atoms with Crippen molar-refractivity contribution in [1.82, 2.24) is 0 Å². The molecule has 0 saturated heterocycles. The number of carbonyl (C=O) groups is 1. The first-order chi connectivity index (χ1) is 6.25. The van der Waals surface area contributed by atoms with Gasteiger partial charge < -0.3 is 9.15 Å². The molecule has 1 heterocycles. The third-order valence-electron chi connectivity index (χ3n) is 2.29. The molecule has 0 spiro atoms. The zero-order chi connectivity index (χ0) is 9.26. The molecule has 1 aliphatic carbocycles. The molecule has 3 heteroatoms. The summed E-state index contributed by atoms with van der Waals surface area (Å²) in [6.07, 6.45) is 4.76. The van der Waals surface area contributed by atoms with Gasteiger partial charge in [0.25, 0.3) is 0 Å². The zero-order valence-corrected chi connectivity index (χ0v) is 7.58. The van der Waals surface area contributed by atoms with Crippen LogP contribution in [0.4, 0.5) is 0 Å². The maximum absolute atomic E-state index is 11.4. The van der Waals surface area contributed by atoms with Crippen molar-refractivity contribution in [3.63, 3.8) is 0 Å². The lowest BCUT2D eigenvalue weighted by Crippen LogP contribution is -2.24. The Balaban J connectivity index is 1.96.